The second-order valence-electron chi connectivity index (χ2n) is 7.86. The molecule has 1 saturated carbocycles. The van der Waals surface area contributed by atoms with Gasteiger partial charge in [-0.1, -0.05) is 6.07 Å². The predicted molar refractivity (Wildman–Crippen MR) is 122 cm³/mol. The number of methoxy groups -OCH3 is 3. The van der Waals surface area contributed by atoms with Crippen LogP contribution < -0.4 is 24.3 Å². The van der Waals surface area contributed by atoms with Crippen LogP contribution >= 0.6 is 0 Å². The molecule has 0 radical (unpaired) electrons. The van der Waals surface area contributed by atoms with Crippen LogP contribution in [0.2, 0.25) is 0 Å². The minimum absolute atomic E-state index is 0.229. The monoisotopic (exact) mass is 457 g/mol. The number of amides is 1. The highest BCUT2D eigenvalue weighted by Crippen LogP contribution is 2.34. The van der Waals surface area contributed by atoms with Crippen LogP contribution in [0, 0.1) is 0 Å². The maximum Gasteiger partial charge on any atom is 0.343 e. The van der Waals surface area contributed by atoms with E-state index in [0.717, 1.165) is 18.4 Å². The molecule has 1 N–H and O–H groups in total. The van der Waals surface area contributed by atoms with Crippen molar-refractivity contribution in [3.05, 3.63) is 47.5 Å². The van der Waals surface area contributed by atoms with E-state index in [0.29, 0.717) is 22.8 Å². The summed E-state index contributed by atoms with van der Waals surface area (Å²) in [6, 6.07) is 10.2. The molecule has 2 aromatic rings. The third-order valence-corrected chi connectivity index (χ3v) is 5.63. The molecule has 1 unspecified atom stereocenters. The van der Waals surface area contributed by atoms with Crippen LogP contribution in [0.1, 0.15) is 54.6 Å². The summed E-state index contributed by atoms with van der Waals surface area (Å²) in [6.45, 7) is 1.60. The largest absolute Gasteiger partial charge is 0.493 e. The van der Waals surface area contributed by atoms with Crippen LogP contribution in [0.4, 0.5) is 0 Å². The van der Waals surface area contributed by atoms with Crippen molar-refractivity contribution < 1.29 is 33.3 Å². The smallest absolute Gasteiger partial charge is 0.343 e. The van der Waals surface area contributed by atoms with Crippen LogP contribution in [-0.4, -0.2) is 45.9 Å². The zero-order chi connectivity index (χ0) is 23.8. The molecule has 8 heteroatoms. The summed E-state index contributed by atoms with van der Waals surface area (Å²) < 4.78 is 26.9. The molecule has 0 aromatic heterocycles. The van der Waals surface area contributed by atoms with Gasteiger partial charge < -0.3 is 29.0 Å². The van der Waals surface area contributed by atoms with Gasteiger partial charge >= 0.3 is 5.97 Å². The topological polar surface area (TPSA) is 92.3 Å². The second kappa shape index (κ2) is 11.4. The average Bonchev–Trinajstić information content (AvgIpc) is 3.35. The number of carbonyl (C=O) groups is 2. The number of hydrogen-bond donors (Lipinski definition) is 1. The van der Waals surface area contributed by atoms with Crippen molar-refractivity contribution in [3.8, 4) is 23.0 Å². The molecular weight excluding hydrogens is 426 g/mol. The fourth-order valence-electron chi connectivity index (χ4n) is 3.73. The molecule has 3 rings (SSSR count). The van der Waals surface area contributed by atoms with Gasteiger partial charge in [0.1, 0.15) is 0 Å². The average molecular weight is 458 g/mol. The highest BCUT2D eigenvalue weighted by molar-refractivity contribution is 5.95. The van der Waals surface area contributed by atoms with Crippen LogP contribution in [-0.2, 0) is 9.53 Å². The molecule has 8 nitrogen and oxygen atoms in total. The van der Waals surface area contributed by atoms with Crippen molar-refractivity contribution in [1.82, 2.24) is 5.32 Å². The Hall–Kier alpha value is -3.42. The molecule has 1 atom stereocenters. The van der Waals surface area contributed by atoms with E-state index in [-0.39, 0.29) is 30.4 Å². The van der Waals surface area contributed by atoms with Gasteiger partial charge in [0.05, 0.1) is 33.5 Å². The standard InChI is InChI=1S/C25H31NO7/c1-16(17-9-12-21(22(13-17)30-3)33-19-7-5-6-8-19)26-25(28)18-10-11-20(29-2)23(14-18)32-15-24(27)31-4/h9-14,16,19H,5-8,15H2,1-4H3,(H,26,28). The van der Waals surface area contributed by atoms with Gasteiger partial charge in [0, 0.05) is 5.56 Å². The first-order valence-corrected chi connectivity index (χ1v) is 11.0. The van der Waals surface area contributed by atoms with Gasteiger partial charge in [-0.25, -0.2) is 4.79 Å². The Labute approximate surface area is 194 Å². The molecule has 33 heavy (non-hydrogen) atoms. The van der Waals surface area contributed by atoms with Crippen molar-refractivity contribution in [2.75, 3.05) is 27.9 Å². The van der Waals surface area contributed by atoms with Gasteiger partial charge in [-0.15, -0.1) is 0 Å². The predicted octanol–water partition coefficient (Wildman–Crippen LogP) is 4.07. The van der Waals surface area contributed by atoms with Crippen molar-refractivity contribution in [2.24, 2.45) is 0 Å². The lowest BCUT2D eigenvalue weighted by molar-refractivity contribution is -0.142. The molecule has 178 valence electrons. The normalized spacial score (nSPS) is 14.3. The van der Waals surface area contributed by atoms with Crippen LogP contribution in [0.15, 0.2) is 36.4 Å². The summed E-state index contributed by atoms with van der Waals surface area (Å²) in [4.78, 5) is 24.3. The number of benzene rings is 2. The molecule has 2 aromatic carbocycles. The zero-order valence-corrected chi connectivity index (χ0v) is 19.5. The molecule has 1 amide bonds. The first-order chi connectivity index (χ1) is 15.9. The Bertz CT molecular complexity index is 969. The van der Waals surface area contributed by atoms with Gasteiger partial charge in [-0.3, -0.25) is 4.79 Å². The molecule has 1 aliphatic rings. The van der Waals surface area contributed by atoms with E-state index < -0.39 is 5.97 Å². The quantitative estimate of drug-likeness (QED) is 0.538. The molecule has 0 bridgehead atoms. The fraction of sp³-hybridized carbons (Fsp3) is 0.440. The van der Waals surface area contributed by atoms with E-state index in [4.69, 9.17) is 18.9 Å². The Morgan fingerprint density at radius 3 is 2.30 bits per heavy atom. The number of hydrogen-bond acceptors (Lipinski definition) is 7. The maximum atomic E-state index is 12.9. The minimum Gasteiger partial charge on any atom is -0.493 e. The first kappa shape index (κ1) is 24.2. The molecule has 0 saturated heterocycles. The Kier molecular flexibility index (Phi) is 8.40. The second-order valence-corrected chi connectivity index (χ2v) is 7.86. The van der Waals surface area contributed by atoms with Crippen molar-refractivity contribution >= 4 is 11.9 Å². The molecule has 0 aliphatic heterocycles. The van der Waals surface area contributed by atoms with E-state index in [1.165, 1.54) is 33.1 Å². The molecule has 0 spiro atoms. The third kappa shape index (κ3) is 6.31. The highest BCUT2D eigenvalue weighted by Gasteiger charge is 2.20. The van der Waals surface area contributed by atoms with Gasteiger partial charge in [0.25, 0.3) is 5.91 Å². The lowest BCUT2D eigenvalue weighted by Crippen LogP contribution is -2.26. The lowest BCUT2D eigenvalue weighted by Gasteiger charge is -2.19. The van der Waals surface area contributed by atoms with Gasteiger partial charge in [0.15, 0.2) is 29.6 Å². The summed E-state index contributed by atoms with van der Waals surface area (Å²) in [7, 11) is 4.36. The summed E-state index contributed by atoms with van der Waals surface area (Å²) in [5, 5.41) is 2.97. The van der Waals surface area contributed by atoms with E-state index in [9.17, 15) is 9.59 Å². The van der Waals surface area contributed by atoms with E-state index >= 15 is 0 Å². The molecular formula is C25H31NO7. The maximum absolute atomic E-state index is 12.9. The third-order valence-electron chi connectivity index (χ3n) is 5.63. The molecule has 1 fully saturated rings. The number of esters is 1. The first-order valence-electron chi connectivity index (χ1n) is 11.0. The van der Waals surface area contributed by atoms with Gasteiger partial charge in [-0.2, -0.15) is 0 Å². The summed E-state index contributed by atoms with van der Waals surface area (Å²) in [5.41, 5.74) is 1.25. The lowest BCUT2D eigenvalue weighted by atomic mass is 10.1. The van der Waals surface area contributed by atoms with Gasteiger partial charge in [-0.05, 0) is 68.5 Å². The van der Waals surface area contributed by atoms with Crippen LogP contribution in [0.25, 0.3) is 0 Å². The number of carbonyl (C=O) groups excluding carboxylic acids is 2. The zero-order valence-electron chi connectivity index (χ0n) is 19.5. The Morgan fingerprint density at radius 1 is 0.939 bits per heavy atom. The summed E-state index contributed by atoms with van der Waals surface area (Å²) >= 11 is 0. The Balaban J connectivity index is 1.69. The molecule has 0 heterocycles. The number of nitrogens with one attached hydrogen (secondary N) is 1. The fourth-order valence-corrected chi connectivity index (χ4v) is 3.73. The number of ether oxygens (including phenoxy) is 5. The Morgan fingerprint density at radius 2 is 1.64 bits per heavy atom. The van der Waals surface area contributed by atoms with Crippen LogP contribution in [0.5, 0.6) is 23.0 Å². The van der Waals surface area contributed by atoms with Crippen molar-refractivity contribution in [1.29, 1.82) is 0 Å². The van der Waals surface area contributed by atoms with E-state index in [1.807, 2.05) is 25.1 Å². The summed E-state index contributed by atoms with van der Waals surface area (Å²) in [6.07, 6.45) is 4.73. The van der Waals surface area contributed by atoms with Crippen molar-refractivity contribution in [2.45, 2.75) is 44.8 Å². The van der Waals surface area contributed by atoms with E-state index in [1.54, 1.807) is 19.2 Å². The van der Waals surface area contributed by atoms with E-state index in [2.05, 4.69) is 10.1 Å². The van der Waals surface area contributed by atoms with Crippen molar-refractivity contribution in [3.63, 3.8) is 0 Å². The number of rotatable bonds is 10. The molecule has 1 aliphatic carbocycles. The summed E-state index contributed by atoms with van der Waals surface area (Å²) in [5.74, 6) is 1.22. The SMILES string of the molecule is COC(=O)COc1cc(C(=O)NC(C)c2ccc(OC3CCCC3)c(OC)c2)ccc1OC. The highest BCUT2D eigenvalue weighted by atomic mass is 16.6. The van der Waals surface area contributed by atoms with Crippen LogP contribution in [0.3, 0.4) is 0 Å². The minimum atomic E-state index is -0.533. The van der Waals surface area contributed by atoms with Gasteiger partial charge in [0.2, 0.25) is 0 Å².